The summed E-state index contributed by atoms with van der Waals surface area (Å²) in [5, 5.41) is 8.78. The number of hydrogen-bond acceptors (Lipinski definition) is 3. The van der Waals surface area contributed by atoms with Gasteiger partial charge in [0, 0.05) is 37.3 Å². The second-order valence-corrected chi connectivity index (χ2v) is 6.05. The van der Waals surface area contributed by atoms with E-state index in [2.05, 4.69) is 36.1 Å². The van der Waals surface area contributed by atoms with E-state index in [1.165, 1.54) is 17.7 Å². The molecule has 102 valence electrons. The molecule has 1 aromatic carbocycles. The van der Waals surface area contributed by atoms with Crippen molar-refractivity contribution in [3.63, 3.8) is 0 Å². The van der Waals surface area contributed by atoms with Gasteiger partial charge in [-0.1, -0.05) is 17.7 Å². The zero-order chi connectivity index (χ0) is 13.5. The van der Waals surface area contributed by atoms with Gasteiger partial charge >= 0.3 is 5.97 Å². The lowest BCUT2D eigenvalue weighted by Crippen LogP contribution is -2.58. The third-order valence-corrected chi connectivity index (χ3v) is 4.31. The van der Waals surface area contributed by atoms with E-state index in [4.69, 9.17) is 5.11 Å². The van der Waals surface area contributed by atoms with Gasteiger partial charge in [-0.25, -0.2) is 0 Å². The van der Waals surface area contributed by atoms with Gasteiger partial charge in [-0.15, -0.1) is 0 Å². The number of benzene rings is 1. The first kappa shape index (κ1) is 12.5. The standard InChI is InChI=1S/C15H20N2O2/c1-12-2-4-13(5-3-12)17-7-6-15(11-17)9-16(10-15)8-14(18)19/h2-5H,6-11H2,1H3,(H,18,19). The van der Waals surface area contributed by atoms with Crippen LogP contribution in [0.2, 0.25) is 0 Å². The summed E-state index contributed by atoms with van der Waals surface area (Å²) in [4.78, 5) is 15.1. The number of carbonyl (C=O) groups is 1. The van der Waals surface area contributed by atoms with Crippen molar-refractivity contribution in [2.75, 3.05) is 37.6 Å². The van der Waals surface area contributed by atoms with Crippen LogP contribution in [-0.2, 0) is 4.79 Å². The van der Waals surface area contributed by atoms with E-state index in [-0.39, 0.29) is 6.54 Å². The number of rotatable bonds is 3. The predicted octanol–water partition coefficient (Wildman–Crippen LogP) is 1.59. The maximum absolute atomic E-state index is 10.7. The van der Waals surface area contributed by atoms with E-state index in [0.717, 1.165) is 26.2 Å². The Morgan fingerprint density at radius 2 is 1.95 bits per heavy atom. The van der Waals surface area contributed by atoms with Crippen LogP contribution in [0.5, 0.6) is 0 Å². The molecule has 2 fully saturated rings. The van der Waals surface area contributed by atoms with Crippen LogP contribution in [0.1, 0.15) is 12.0 Å². The molecule has 0 atom stereocenters. The molecule has 2 aliphatic rings. The summed E-state index contributed by atoms with van der Waals surface area (Å²) in [6.07, 6.45) is 1.18. The summed E-state index contributed by atoms with van der Waals surface area (Å²) in [7, 11) is 0. The van der Waals surface area contributed by atoms with Gasteiger partial charge in [0.1, 0.15) is 0 Å². The summed E-state index contributed by atoms with van der Waals surface area (Å²) in [6, 6.07) is 8.67. The Labute approximate surface area is 113 Å². The SMILES string of the molecule is Cc1ccc(N2CCC3(CN(CC(=O)O)C3)C2)cc1. The highest BCUT2D eigenvalue weighted by atomic mass is 16.4. The average Bonchev–Trinajstić information content (AvgIpc) is 2.74. The topological polar surface area (TPSA) is 43.8 Å². The average molecular weight is 260 g/mol. The van der Waals surface area contributed by atoms with Crippen molar-refractivity contribution < 1.29 is 9.90 Å². The molecule has 2 heterocycles. The Hall–Kier alpha value is -1.55. The molecule has 4 heteroatoms. The van der Waals surface area contributed by atoms with Crippen LogP contribution in [0.3, 0.4) is 0 Å². The first-order valence-electron chi connectivity index (χ1n) is 6.82. The fourth-order valence-corrected chi connectivity index (χ4v) is 3.37. The minimum atomic E-state index is -0.719. The number of likely N-dealkylation sites (tertiary alicyclic amines) is 1. The molecule has 3 rings (SSSR count). The Balaban J connectivity index is 1.59. The van der Waals surface area contributed by atoms with Crippen LogP contribution in [0.4, 0.5) is 5.69 Å². The quantitative estimate of drug-likeness (QED) is 0.896. The monoisotopic (exact) mass is 260 g/mol. The molecule has 2 aliphatic heterocycles. The van der Waals surface area contributed by atoms with Crippen molar-refractivity contribution in [2.24, 2.45) is 5.41 Å². The van der Waals surface area contributed by atoms with Crippen molar-refractivity contribution in [3.8, 4) is 0 Å². The van der Waals surface area contributed by atoms with Crippen LogP contribution in [0.25, 0.3) is 0 Å². The van der Waals surface area contributed by atoms with Crippen LogP contribution in [-0.4, -0.2) is 48.7 Å². The Bertz CT molecular complexity index is 477. The van der Waals surface area contributed by atoms with Gasteiger partial charge in [0.15, 0.2) is 0 Å². The van der Waals surface area contributed by atoms with Gasteiger partial charge in [0.2, 0.25) is 0 Å². The summed E-state index contributed by atoms with van der Waals surface area (Å²) >= 11 is 0. The molecule has 4 nitrogen and oxygen atoms in total. The molecule has 1 spiro atoms. The molecule has 2 saturated heterocycles. The highest BCUT2D eigenvalue weighted by molar-refractivity contribution is 5.69. The van der Waals surface area contributed by atoms with E-state index in [9.17, 15) is 4.79 Å². The minimum absolute atomic E-state index is 0.187. The summed E-state index contributed by atoms with van der Waals surface area (Å²) in [6.45, 7) is 6.30. The normalized spacial score (nSPS) is 21.6. The molecule has 0 radical (unpaired) electrons. The number of aliphatic carboxylic acids is 1. The lowest BCUT2D eigenvalue weighted by molar-refractivity contribution is -0.141. The van der Waals surface area contributed by atoms with Crippen LogP contribution >= 0.6 is 0 Å². The lowest BCUT2D eigenvalue weighted by Gasteiger charge is -2.47. The maximum Gasteiger partial charge on any atom is 0.317 e. The lowest BCUT2D eigenvalue weighted by atomic mass is 9.79. The minimum Gasteiger partial charge on any atom is -0.480 e. The fraction of sp³-hybridized carbons (Fsp3) is 0.533. The fourth-order valence-electron chi connectivity index (χ4n) is 3.37. The summed E-state index contributed by atoms with van der Waals surface area (Å²) in [5.74, 6) is -0.719. The van der Waals surface area contributed by atoms with Gasteiger partial charge in [-0.2, -0.15) is 0 Å². The van der Waals surface area contributed by atoms with Crippen LogP contribution < -0.4 is 4.90 Å². The van der Waals surface area contributed by atoms with Gasteiger partial charge in [-0.3, -0.25) is 9.69 Å². The number of carboxylic acid groups (broad SMARTS) is 1. The molecular weight excluding hydrogens is 240 g/mol. The van der Waals surface area contributed by atoms with Gasteiger partial charge < -0.3 is 10.0 Å². The second kappa shape index (κ2) is 4.53. The van der Waals surface area contributed by atoms with Crippen molar-refractivity contribution in [3.05, 3.63) is 29.8 Å². The number of anilines is 1. The van der Waals surface area contributed by atoms with E-state index in [0.29, 0.717) is 5.41 Å². The third kappa shape index (κ3) is 2.45. The van der Waals surface area contributed by atoms with Crippen molar-refractivity contribution in [1.29, 1.82) is 0 Å². The molecule has 1 N–H and O–H groups in total. The van der Waals surface area contributed by atoms with E-state index < -0.39 is 5.97 Å². The van der Waals surface area contributed by atoms with Crippen LogP contribution in [0.15, 0.2) is 24.3 Å². The first-order chi connectivity index (χ1) is 9.06. The van der Waals surface area contributed by atoms with Crippen molar-refractivity contribution in [1.82, 2.24) is 4.90 Å². The zero-order valence-electron chi connectivity index (χ0n) is 11.3. The molecule has 1 aromatic rings. The molecule has 0 amide bonds. The number of aryl methyl sites for hydroxylation is 1. The smallest absolute Gasteiger partial charge is 0.317 e. The summed E-state index contributed by atoms with van der Waals surface area (Å²) in [5.41, 5.74) is 2.91. The highest BCUT2D eigenvalue weighted by Crippen LogP contribution is 2.40. The third-order valence-electron chi connectivity index (χ3n) is 4.31. The largest absolute Gasteiger partial charge is 0.480 e. The Morgan fingerprint density at radius 3 is 2.58 bits per heavy atom. The van der Waals surface area contributed by atoms with Crippen molar-refractivity contribution >= 4 is 11.7 Å². The maximum atomic E-state index is 10.7. The zero-order valence-corrected chi connectivity index (χ0v) is 11.3. The number of hydrogen-bond donors (Lipinski definition) is 1. The van der Waals surface area contributed by atoms with E-state index in [1.807, 2.05) is 4.90 Å². The molecule has 19 heavy (non-hydrogen) atoms. The molecular formula is C15H20N2O2. The molecule has 0 bridgehead atoms. The van der Waals surface area contributed by atoms with E-state index in [1.54, 1.807) is 0 Å². The van der Waals surface area contributed by atoms with Gasteiger partial charge in [0.05, 0.1) is 6.54 Å². The first-order valence-corrected chi connectivity index (χ1v) is 6.82. The molecule has 0 aromatic heterocycles. The second-order valence-electron chi connectivity index (χ2n) is 6.05. The molecule has 0 unspecified atom stereocenters. The Morgan fingerprint density at radius 1 is 1.26 bits per heavy atom. The van der Waals surface area contributed by atoms with Crippen LogP contribution in [0, 0.1) is 12.3 Å². The van der Waals surface area contributed by atoms with E-state index >= 15 is 0 Å². The van der Waals surface area contributed by atoms with Gasteiger partial charge in [-0.05, 0) is 25.5 Å². The Kier molecular flexibility index (Phi) is 2.97. The summed E-state index contributed by atoms with van der Waals surface area (Å²) < 4.78 is 0. The molecule has 0 saturated carbocycles. The van der Waals surface area contributed by atoms with Crippen molar-refractivity contribution in [2.45, 2.75) is 13.3 Å². The predicted molar refractivity (Wildman–Crippen MR) is 74.5 cm³/mol. The van der Waals surface area contributed by atoms with Gasteiger partial charge in [0.25, 0.3) is 0 Å². The highest BCUT2D eigenvalue weighted by Gasteiger charge is 2.47. The number of carboxylic acids is 1. The molecule has 0 aliphatic carbocycles. The number of nitrogens with zero attached hydrogens (tertiary/aromatic N) is 2.